The predicted octanol–water partition coefficient (Wildman–Crippen LogP) is 4.52. The highest BCUT2D eigenvalue weighted by atomic mass is 32.1. The van der Waals surface area contributed by atoms with Crippen LogP contribution in [0.15, 0.2) is 60.0 Å². The number of benzene rings is 2. The number of rotatable bonds is 6. The van der Waals surface area contributed by atoms with Crippen LogP contribution in [0.1, 0.15) is 11.3 Å². The number of ether oxygens (including phenoxy) is 1. The zero-order valence-electron chi connectivity index (χ0n) is 14.0. The summed E-state index contributed by atoms with van der Waals surface area (Å²) in [5, 5.41) is 5.33. The maximum absolute atomic E-state index is 12.7. The zero-order chi connectivity index (χ0) is 19.3. The lowest BCUT2D eigenvalue weighted by molar-refractivity contribution is -0.137. The number of thiazole rings is 1. The second-order valence-corrected chi connectivity index (χ2v) is 6.46. The van der Waals surface area contributed by atoms with E-state index >= 15 is 0 Å². The van der Waals surface area contributed by atoms with Gasteiger partial charge in [0.05, 0.1) is 17.8 Å². The number of halogens is 3. The Balaban J connectivity index is 1.50. The lowest BCUT2D eigenvalue weighted by atomic mass is 10.2. The van der Waals surface area contributed by atoms with Gasteiger partial charge in [-0.1, -0.05) is 36.4 Å². The number of hydrogen-bond acceptors (Lipinski definition) is 4. The molecule has 0 bridgehead atoms. The number of nitrogens with zero attached hydrogens (tertiary/aromatic N) is 1. The molecule has 0 fully saturated rings. The summed E-state index contributed by atoms with van der Waals surface area (Å²) in [7, 11) is 0. The highest BCUT2D eigenvalue weighted by Gasteiger charge is 2.30. The van der Waals surface area contributed by atoms with E-state index in [0.29, 0.717) is 5.69 Å². The van der Waals surface area contributed by atoms with Crippen molar-refractivity contribution < 1.29 is 22.7 Å². The molecule has 0 saturated carbocycles. The van der Waals surface area contributed by atoms with Gasteiger partial charge < -0.3 is 10.1 Å². The van der Waals surface area contributed by atoms with Gasteiger partial charge in [0.2, 0.25) is 0 Å². The van der Waals surface area contributed by atoms with Gasteiger partial charge in [-0.05, 0) is 18.2 Å². The molecule has 0 aliphatic rings. The number of nitrogens with one attached hydrogen (secondary N) is 1. The Morgan fingerprint density at radius 3 is 2.63 bits per heavy atom. The number of aromatic nitrogens is 1. The smallest absolute Gasteiger partial charge is 0.416 e. The first kappa shape index (κ1) is 18.9. The van der Waals surface area contributed by atoms with Gasteiger partial charge in [-0.3, -0.25) is 4.79 Å². The Labute approximate surface area is 157 Å². The van der Waals surface area contributed by atoms with Crippen LogP contribution in [0.3, 0.4) is 0 Å². The first-order chi connectivity index (χ1) is 12.9. The molecule has 0 atom stereocenters. The third-order valence-corrected chi connectivity index (χ3v) is 4.51. The average molecular weight is 392 g/mol. The van der Waals surface area contributed by atoms with Crippen molar-refractivity contribution in [2.75, 3.05) is 6.61 Å². The Bertz CT molecular complexity index is 911. The monoisotopic (exact) mass is 392 g/mol. The molecule has 1 amide bonds. The molecule has 0 saturated heterocycles. The molecule has 0 aliphatic carbocycles. The van der Waals surface area contributed by atoms with Crippen molar-refractivity contribution in [3.8, 4) is 16.3 Å². The van der Waals surface area contributed by atoms with E-state index in [9.17, 15) is 18.0 Å². The van der Waals surface area contributed by atoms with Gasteiger partial charge in [-0.15, -0.1) is 11.3 Å². The number of carbonyl (C=O) groups is 1. The minimum Gasteiger partial charge on any atom is -0.484 e. The number of amides is 1. The first-order valence-electron chi connectivity index (χ1n) is 7.98. The Morgan fingerprint density at radius 2 is 1.89 bits per heavy atom. The van der Waals surface area contributed by atoms with E-state index in [2.05, 4.69) is 10.3 Å². The summed E-state index contributed by atoms with van der Waals surface area (Å²) in [5.41, 5.74) is 0.871. The molecule has 8 heteroatoms. The van der Waals surface area contributed by atoms with Crippen molar-refractivity contribution in [2.24, 2.45) is 0 Å². The second kappa shape index (κ2) is 8.22. The molecule has 0 spiro atoms. The highest BCUT2D eigenvalue weighted by molar-refractivity contribution is 7.13. The van der Waals surface area contributed by atoms with Crippen LogP contribution in [0.2, 0.25) is 0 Å². The van der Waals surface area contributed by atoms with E-state index < -0.39 is 17.6 Å². The first-order valence-corrected chi connectivity index (χ1v) is 8.86. The second-order valence-electron chi connectivity index (χ2n) is 5.60. The van der Waals surface area contributed by atoms with Crippen LogP contribution < -0.4 is 10.1 Å². The van der Waals surface area contributed by atoms with Crippen molar-refractivity contribution in [2.45, 2.75) is 12.7 Å². The summed E-state index contributed by atoms with van der Waals surface area (Å²) >= 11 is 1.47. The molecule has 140 valence electrons. The molecular formula is C19H15F3N2O2S. The van der Waals surface area contributed by atoms with Crippen LogP contribution in [0, 0.1) is 0 Å². The molecule has 3 aromatic rings. The van der Waals surface area contributed by atoms with Gasteiger partial charge in [0.1, 0.15) is 10.8 Å². The molecule has 4 nitrogen and oxygen atoms in total. The van der Waals surface area contributed by atoms with Gasteiger partial charge >= 0.3 is 6.18 Å². The van der Waals surface area contributed by atoms with Crippen molar-refractivity contribution in [3.05, 3.63) is 71.2 Å². The van der Waals surface area contributed by atoms with E-state index in [1.807, 2.05) is 35.7 Å². The third-order valence-electron chi connectivity index (χ3n) is 3.57. The fourth-order valence-corrected chi connectivity index (χ4v) is 3.08. The number of carbonyl (C=O) groups excluding carboxylic acids is 1. The minimum absolute atomic E-state index is 0.0139. The van der Waals surface area contributed by atoms with E-state index in [0.717, 1.165) is 22.7 Å². The molecule has 0 unspecified atom stereocenters. The molecule has 1 N–H and O–H groups in total. The molecule has 1 aromatic heterocycles. The van der Waals surface area contributed by atoms with Gasteiger partial charge in [0.25, 0.3) is 5.91 Å². The van der Waals surface area contributed by atoms with Crippen LogP contribution in [-0.2, 0) is 17.5 Å². The van der Waals surface area contributed by atoms with E-state index in [-0.39, 0.29) is 18.9 Å². The van der Waals surface area contributed by atoms with Crippen LogP contribution >= 0.6 is 11.3 Å². The Kier molecular flexibility index (Phi) is 5.75. The fraction of sp³-hybridized carbons (Fsp3) is 0.158. The van der Waals surface area contributed by atoms with Gasteiger partial charge in [-0.2, -0.15) is 13.2 Å². The zero-order valence-corrected chi connectivity index (χ0v) is 14.8. The summed E-state index contributed by atoms with van der Waals surface area (Å²) in [6.07, 6.45) is -4.46. The maximum Gasteiger partial charge on any atom is 0.416 e. The number of alkyl halides is 3. The summed E-state index contributed by atoms with van der Waals surface area (Å²) < 4.78 is 43.1. The van der Waals surface area contributed by atoms with E-state index in [1.54, 1.807) is 0 Å². The Morgan fingerprint density at radius 1 is 1.11 bits per heavy atom. The topological polar surface area (TPSA) is 51.2 Å². The Hall–Kier alpha value is -2.87. The number of hydrogen-bond donors (Lipinski definition) is 1. The summed E-state index contributed by atoms with van der Waals surface area (Å²) in [6, 6.07) is 14.1. The predicted molar refractivity (Wildman–Crippen MR) is 96.3 cm³/mol. The van der Waals surface area contributed by atoms with E-state index in [4.69, 9.17) is 4.74 Å². The van der Waals surface area contributed by atoms with Gasteiger partial charge in [0, 0.05) is 10.9 Å². The molecule has 27 heavy (non-hydrogen) atoms. The average Bonchev–Trinajstić information content (AvgIpc) is 3.14. The van der Waals surface area contributed by atoms with Crippen LogP contribution in [-0.4, -0.2) is 17.5 Å². The fourth-order valence-electron chi connectivity index (χ4n) is 2.25. The molecule has 2 aromatic carbocycles. The third kappa shape index (κ3) is 5.30. The SMILES string of the molecule is O=C(COc1cccc(C(F)(F)F)c1)NCc1csc(-c2ccccc2)n1. The minimum atomic E-state index is -4.46. The van der Waals surface area contributed by atoms with Gasteiger partial charge in [0.15, 0.2) is 6.61 Å². The van der Waals surface area contributed by atoms with Gasteiger partial charge in [-0.25, -0.2) is 4.98 Å². The summed E-state index contributed by atoms with van der Waals surface area (Å²) in [4.78, 5) is 16.3. The van der Waals surface area contributed by atoms with Crippen LogP contribution in [0.25, 0.3) is 10.6 Å². The molecule has 0 aliphatic heterocycles. The molecule has 1 heterocycles. The summed E-state index contributed by atoms with van der Waals surface area (Å²) in [6.45, 7) is -0.162. The summed E-state index contributed by atoms with van der Waals surface area (Å²) in [5.74, 6) is -0.457. The maximum atomic E-state index is 12.7. The lowest BCUT2D eigenvalue weighted by Gasteiger charge is -2.10. The molecular weight excluding hydrogens is 377 g/mol. The quantitative estimate of drug-likeness (QED) is 0.671. The van der Waals surface area contributed by atoms with E-state index in [1.165, 1.54) is 23.5 Å². The lowest BCUT2D eigenvalue weighted by Crippen LogP contribution is -2.28. The van der Waals surface area contributed by atoms with Crippen LogP contribution in [0.5, 0.6) is 5.75 Å². The molecule has 3 rings (SSSR count). The normalized spacial score (nSPS) is 11.2. The van der Waals surface area contributed by atoms with Crippen molar-refractivity contribution in [1.29, 1.82) is 0 Å². The largest absolute Gasteiger partial charge is 0.484 e. The standard InChI is InChI=1S/C19H15F3N2O2S/c20-19(21,22)14-7-4-8-16(9-14)26-11-17(25)23-10-15-12-27-18(24-15)13-5-2-1-3-6-13/h1-9,12H,10-11H2,(H,23,25). The van der Waals surface area contributed by atoms with Crippen molar-refractivity contribution in [3.63, 3.8) is 0 Å². The molecule has 0 radical (unpaired) electrons. The van der Waals surface area contributed by atoms with Crippen molar-refractivity contribution >= 4 is 17.2 Å². The van der Waals surface area contributed by atoms with Crippen molar-refractivity contribution in [1.82, 2.24) is 10.3 Å². The van der Waals surface area contributed by atoms with Crippen LogP contribution in [0.4, 0.5) is 13.2 Å². The highest BCUT2D eigenvalue weighted by Crippen LogP contribution is 2.31.